The van der Waals surface area contributed by atoms with E-state index < -0.39 is 23.7 Å². The number of alkyl halides is 3. The molecule has 2 aliphatic heterocycles. The molecule has 1 fully saturated rings. The molecule has 10 nitrogen and oxygen atoms in total. The third-order valence-electron chi connectivity index (χ3n) is 8.78. The van der Waals surface area contributed by atoms with Crippen LogP contribution in [0.25, 0.3) is 5.69 Å². The number of piperazine rings is 1. The number of ether oxygens (including phenoxy) is 1. The molecule has 250 valence electrons. The number of para-hydroxylation sites is 1. The molecule has 0 spiro atoms. The summed E-state index contributed by atoms with van der Waals surface area (Å²) in [6, 6.07) is 20.6. The van der Waals surface area contributed by atoms with E-state index in [1.165, 1.54) is 35.1 Å². The highest BCUT2D eigenvalue weighted by Gasteiger charge is 2.44. The van der Waals surface area contributed by atoms with Crippen LogP contribution in [0.4, 0.5) is 24.5 Å². The van der Waals surface area contributed by atoms with Crippen molar-refractivity contribution in [3.63, 3.8) is 0 Å². The molecule has 1 saturated heterocycles. The van der Waals surface area contributed by atoms with Crippen molar-refractivity contribution >= 4 is 29.1 Å². The lowest BCUT2D eigenvalue weighted by Crippen LogP contribution is -2.54. The van der Waals surface area contributed by atoms with E-state index in [-0.39, 0.29) is 47.4 Å². The van der Waals surface area contributed by atoms with Gasteiger partial charge in [0.2, 0.25) is 0 Å². The topological polar surface area (TPSA) is 91.2 Å². The van der Waals surface area contributed by atoms with Gasteiger partial charge < -0.3 is 24.3 Å². The van der Waals surface area contributed by atoms with Gasteiger partial charge in [0.1, 0.15) is 11.4 Å². The number of carbonyl (C=O) groups excluding carboxylic acids is 3. The third-order valence-corrected chi connectivity index (χ3v) is 8.78. The van der Waals surface area contributed by atoms with Crippen LogP contribution in [-0.2, 0) is 12.6 Å². The fourth-order valence-electron chi connectivity index (χ4n) is 6.36. The Morgan fingerprint density at radius 2 is 1.65 bits per heavy atom. The van der Waals surface area contributed by atoms with Gasteiger partial charge >= 0.3 is 6.18 Å². The van der Waals surface area contributed by atoms with Crippen LogP contribution >= 0.6 is 0 Å². The van der Waals surface area contributed by atoms with Crippen molar-refractivity contribution in [3.05, 3.63) is 101 Å². The monoisotopic (exact) mass is 660 g/mol. The number of methoxy groups -OCH3 is 1. The highest BCUT2D eigenvalue weighted by atomic mass is 19.4. The number of amides is 3. The molecule has 1 atom stereocenters. The van der Waals surface area contributed by atoms with E-state index in [1.807, 2.05) is 37.3 Å². The van der Waals surface area contributed by atoms with E-state index in [9.17, 15) is 27.6 Å². The molecule has 3 amide bonds. The average molecular weight is 661 g/mol. The van der Waals surface area contributed by atoms with Gasteiger partial charge in [-0.2, -0.15) is 18.3 Å². The number of benzene rings is 3. The van der Waals surface area contributed by atoms with Crippen molar-refractivity contribution in [1.29, 1.82) is 0 Å². The Kier molecular flexibility index (Phi) is 8.63. The summed E-state index contributed by atoms with van der Waals surface area (Å²) in [6.07, 6.45) is -4.96. The van der Waals surface area contributed by atoms with Crippen LogP contribution in [0.5, 0.6) is 5.75 Å². The van der Waals surface area contributed by atoms with Gasteiger partial charge in [0.15, 0.2) is 5.69 Å². The first kappa shape index (κ1) is 32.6. The predicted molar refractivity (Wildman–Crippen MR) is 174 cm³/mol. The molecule has 1 aromatic heterocycles. The SMILES string of the molecule is COc1ccc(-n2nc(C(F)(F)F)c3c2C(=O)N(c2ccc(C(=O)N(C)C)cc2)CC3)c(C(=O)N2CCN(c3ccccc3)C(C)C2)c1. The maximum absolute atomic E-state index is 14.4. The van der Waals surface area contributed by atoms with Crippen LogP contribution in [0.3, 0.4) is 0 Å². The summed E-state index contributed by atoms with van der Waals surface area (Å²) in [5.74, 6) is -1.02. The lowest BCUT2D eigenvalue weighted by molar-refractivity contribution is -0.141. The Morgan fingerprint density at radius 1 is 0.938 bits per heavy atom. The highest BCUT2D eigenvalue weighted by Crippen LogP contribution is 2.38. The van der Waals surface area contributed by atoms with Crippen LogP contribution in [0.15, 0.2) is 72.8 Å². The van der Waals surface area contributed by atoms with Crippen molar-refractivity contribution in [2.24, 2.45) is 0 Å². The second-order valence-corrected chi connectivity index (χ2v) is 12.1. The molecule has 3 heterocycles. The first-order valence-electron chi connectivity index (χ1n) is 15.5. The van der Waals surface area contributed by atoms with Gasteiger partial charge in [-0.15, -0.1) is 0 Å². The third kappa shape index (κ3) is 5.96. The molecule has 48 heavy (non-hydrogen) atoms. The summed E-state index contributed by atoms with van der Waals surface area (Å²) in [4.78, 5) is 47.3. The summed E-state index contributed by atoms with van der Waals surface area (Å²) in [5.41, 5.74) is 0.266. The van der Waals surface area contributed by atoms with Gasteiger partial charge in [0, 0.05) is 68.8 Å². The Hall–Kier alpha value is -5.33. The first-order chi connectivity index (χ1) is 22.9. The molecule has 0 bridgehead atoms. The standard InChI is InChI=1S/C35H35F3N6O4/c1-22-21-41(18-19-42(22)24-8-6-5-7-9-24)33(46)28-20-26(48-4)14-15-29(28)44-30-27(31(39-44)35(36,37)38)16-17-43(34(30)47)25-12-10-23(11-13-25)32(45)40(2)3/h5-15,20,22H,16-19,21H2,1-4H3. The first-order valence-corrected chi connectivity index (χ1v) is 15.5. The van der Waals surface area contributed by atoms with Crippen molar-refractivity contribution in [2.75, 3.05) is 57.2 Å². The van der Waals surface area contributed by atoms with Gasteiger partial charge in [-0.05, 0) is 67.9 Å². The van der Waals surface area contributed by atoms with Gasteiger partial charge in [-0.25, -0.2) is 4.68 Å². The van der Waals surface area contributed by atoms with Crippen LogP contribution in [0, 0.1) is 0 Å². The summed E-state index contributed by atoms with van der Waals surface area (Å²) in [5, 5.41) is 3.95. The second kappa shape index (κ2) is 12.7. The Labute approximate surface area is 275 Å². The molecule has 6 rings (SSSR count). The number of carbonyl (C=O) groups is 3. The minimum absolute atomic E-state index is 0.0282. The molecule has 0 N–H and O–H groups in total. The Morgan fingerprint density at radius 3 is 2.27 bits per heavy atom. The summed E-state index contributed by atoms with van der Waals surface area (Å²) in [7, 11) is 4.67. The normalized spacial score (nSPS) is 16.5. The summed E-state index contributed by atoms with van der Waals surface area (Å²) in [6.45, 7) is 3.28. The van der Waals surface area contributed by atoms with Crippen LogP contribution in [0.2, 0.25) is 0 Å². The molecule has 13 heteroatoms. The molecular formula is C35H35F3N6O4. The van der Waals surface area contributed by atoms with Gasteiger partial charge in [0.05, 0.1) is 18.4 Å². The number of aromatic nitrogens is 2. The number of nitrogens with zero attached hydrogens (tertiary/aromatic N) is 6. The Balaban J connectivity index is 1.39. The zero-order chi connectivity index (χ0) is 34.3. The number of anilines is 2. The highest BCUT2D eigenvalue weighted by molar-refractivity contribution is 6.08. The fourth-order valence-corrected chi connectivity index (χ4v) is 6.36. The zero-order valence-electron chi connectivity index (χ0n) is 27.0. The van der Waals surface area contributed by atoms with Gasteiger partial charge in [-0.3, -0.25) is 14.4 Å². The molecule has 0 saturated carbocycles. The number of fused-ring (bicyclic) bond motifs is 1. The number of hydrogen-bond donors (Lipinski definition) is 0. The molecule has 0 aliphatic carbocycles. The van der Waals surface area contributed by atoms with E-state index in [0.29, 0.717) is 36.6 Å². The average Bonchev–Trinajstić information content (AvgIpc) is 3.49. The van der Waals surface area contributed by atoms with Crippen molar-refractivity contribution in [2.45, 2.75) is 25.6 Å². The maximum atomic E-state index is 14.4. The van der Waals surface area contributed by atoms with Crippen molar-refractivity contribution < 1.29 is 32.3 Å². The van der Waals surface area contributed by atoms with E-state index in [2.05, 4.69) is 10.00 Å². The molecule has 0 radical (unpaired) electrons. The van der Waals surface area contributed by atoms with E-state index in [1.54, 1.807) is 43.3 Å². The summed E-state index contributed by atoms with van der Waals surface area (Å²) < 4.78 is 49.5. The smallest absolute Gasteiger partial charge is 0.435 e. The summed E-state index contributed by atoms with van der Waals surface area (Å²) >= 11 is 0. The minimum Gasteiger partial charge on any atom is -0.497 e. The number of hydrogen-bond acceptors (Lipinski definition) is 6. The lowest BCUT2D eigenvalue weighted by Gasteiger charge is -2.41. The van der Waals surface area contributed by atoms with Crippen LogP contribution in [-0.4, -0.2) is 90.7 Å². The minimum atomic E-state index is -4.84. The van der Waals surface area contributed by atoms with E-state index in [4.69, 9.17) is 4.74 Å². The molecular weight excluding hydrogens is 625 g/mol. The fraction of sp³-hybridized carbons (Fsp3) is 0.314. The molecule has 3 aromatic carbocycles. The maximum Gasteiger partial charge on any atom is 0.435 e. The van der Waals surface area contributed by atoms with E-state index >= 15 is 0 Å². The quantitative estimate of drug-likeness (QED) is 0.284. The largest absolute Gasteiger partial charge is 0.497 e. The van der Waals surface area contributed by atoms with Crippen molar-refractivity contribution in [1.82, 2.24) is 19.6 Å². The van der Waals surface area contributed by atoms with Crippen LogP contribution < -0.4 is 14.5 Å². The predicted octanol–water partition coefficient (Wildman–Crippen LogP) is 5.16. The lowest BCUT2D eigenvalue weighted by atomic mass is 10.0. The molecule has 4 aromatic rings. The second-order valence-electron chi connectivity index (χ2n) is 12.1. The Bertz CT molecular complexity index is 1860. The molecule has 2 aliphatic rings. The van der Waals surface area contributed by atoms with Gasteiger partial charge in [0.25, 0.3) is 17.7 Å². The zero-order valence-corrected chi connectivity index (χ0v) is 27.0. The number of rotatable bonds is 6. The molecule has 1 unspecified atom stereocenters. The van der Waals surface area contributed by atoms with Crippen LogP contribution in [0.1, 0.15) is 49.4 Å². The number of halogens is 3. The van der Waals surface area contributed by atoms with Gasteiger partial charge in [-0.1, -0.05) is 18.2 Å². The van der Waals surface area contributed by atoms with Crippen molar-refractivity contribution in [3.8, 4) is 11.4 Å². The van der Waals surface area contributed by atoms with E-state index in [0.717, 1.165) is 10.4 Å².